The molecule has 0 amide bonds. The van der Waals surface area contributed by atoms with Gasteiger partial charge in [0.05, 0.1) is 7.11 Å². The summed E-state index contributed by atoms with van der Waals surface area (Å²) in [4.78, 5) is 0. The summed E-state index contributed by atoms with van der Waals surface area (Å²) in [5, 5.41) is 3.32. The second-order valence-corrected chi connectivity index (χ2v) is 3.40. The minimum Gasteiger partial charge on any atom is -0.497 e. The summed E-state index contributed by atoms with van der Waals surface area (Å²) in [6.45, 7) is 6.34. The van der Waals surface area contributed by atoms with Crippen molar-refractivity contribution in [1.82, 2.24) is 5.32 Å². The van der Waals surface area contributed by atoms with Gasteiger partial charge in [-0.05, 0) is 49.7 Å². The summed E-state index contributed by atoms with van der Waals surface area (Å²) < 4.78 is 5.16. The first kappa shape index (κ1) is 11.1. The lowest BCUT2D eigenvalue weighted by atomic mass is 10.1. The molecule has 0 aliphatic heterocycles. The van der Waals surface area contributed by atoms with E-state index in [0.717, 1.165) is 25.3 Å². The molecule has 0 unspecified atom stereocenters. The Morgan fingerprint density at radius 1 is 1.36 bits per heavy atom. The van der Waals surface area contributed by atoms with E-state index in [1.54, 1.807) is 7.11 Å². The second kappa shape index (κ2) is 5.66. The van der Waals surface area contributed by atoms with Crippen LogP contribution in [0.15, 0.2) is 18.2 Å². The maximum atomic E-state index is 5.16. The van der Waals surface area contributed by atoms with E-state index in [2.05, 4.69) is 31.3 Å². The Kier molecular flexibility index (Phi) is 4.47. The van der Waals surface area contributed by atoms with Crippen molar-refractivity contribution in [3.8, 4) is 5.75 Å². The van der Waals surface area contributed by atoms with Crippen LogP contribution in [0.2, 0.25) is 0 Å². The molecule has 0 heterocycles. The number of aryl methyl sites for hydroxylation is 1. The van der Waals surface area contributed by atoms with Gasteiger partial charge in [0.2, 0.25) is 0 Å². The number of hydrogen-bond acceptors (Lipinski definition) is 2. The van der Waals surface area contributed by atoms with Crippen molar-refractivity contribution in [2.45, 2.75) is 20.3 Å². The van der Waals surface area contributed by atoms with Crippen LogP contribution in [0.1, 0.15) is 18.1 Å². The molecular formula is C12H19NO. The van der Waals surface area contributed by atoms with Gasteiger partial charge in [0.25, 0.3) is 0 Å². The topological polar surface area (TPSA) is 21.3 Å². The number of likely N-dealkylation sites (N-methyl/N-ethyl adjacent to an activating group) is 1. The number of ether oxygens (including phenoxy) is 1. The van der Waals surface area contributed by atoms with Crippen LogP contribution in [-0.4, -0.2) is 20.2 Å². The molecule has 78 valence electrons. The van der Waals surface area contributed by atoms with Crippen LogP contribution in [0, 0.1) is 6.92 Å². The zero-order chi connectivity index (χ0) is 10.4. The van der Waals surface area contributed by atoms with Gasteiger partial charge in [-0.2, -0.15) is 0 Å². The van der Waals surface area contributed by atoms with Gasteiger partial charge in [0.1, 0.15) is 5.75 Å². The smallest absolute Gasteiger partial charge is 0.119 e. The maximum absolute atomic E-state index is 5.16. The summed E-state index contributed by atoms with van der Waals surface area (Å²) in [5.41, 5.74) is 2.70. The van der Waals surface area contributed by atoms with E-state index >= 15 is 0 Å². The molecule has 1 rings (SSSR count). The van der Waals surface area contributed by atoms with E-state index in [1.807, 2.05) is 6.07 Å². The monoisotopic (exact) mass is 193 g/mol. The van der Waals surface area contributed by atoms with Crippen molar-refractivity contribution in [2.24, 2.45) is 0 Å². The number of benzene rings is 1. The molecule has 0 atom stereocenters. The van der Waals surface area contributed by atoms with Gasteiger partial charge in [0, 0.05) is 0 Å². The van der Waals surface area contributed by atoms with E-state index in [4.69, 9.17) is 4.74 Å². The van der Waals surface area contributed by atoms with Gasteiger partial charge < -0.3 is 10.1 Å². The lowest BCUT2D eigenvalue weighted by Crippen LogP contribution is -2.16. The number of nitrogens with one attached hydrogen (secondary N) is 1. The van der Waals surface area contributed by atoms with E-state index in [0.29, 0.717) is 0 Å². The molecule has 1 aromatic carbocycles. The molecule has 0 aliphatic carbocycles. The highest BCUT2D eigenvalue weighted by molar-refractivity contribution is 5.34. The SMILES string of the molecule is CCNCCc1ccc(OC)cc1C. The summed E-state index contributed by atoms with van der Waals surface area (Å²) in [6, 6.07) is 6.25. The summed E-state index contributed by atoms with van der Waals surface area (Å²) in [5.74, 6) is 0.940. The zero-order valence-electron chi connectivity index (χ0n) is 9.26. The third-order valence-electron chi connectivity index (χ3n) is 2.37. The first-order valence-corrected chi connectivity index (χ1v) is 5.12. The molecular weight excluding hydrogens is 174 g/mol. The Bertz CT molecular complexity index is 284. The van der Waals surface area contributed by atoms with E-state index in [1.165, 1.54) is 11.1 Å². The summed E-state index contributed by atoms with van der Waals surface area (Å²) in [6.07, 6.45) is 1.09. The standard InChI is InChI=1S/C12H19NO/c1-4-13-8-7-11-5-6-12(14-3)9-10(11)2/h5-6,9,13H,4,7-8H2,1-3H3. The van der Waals surface area contributed by atoms with Gasteiger partial charge in [-0.15, -0.1) is 0 Å². The maximum Gasteiger partial charge on any atom is 0.119 e. The molecule has 0 aromatic heterocycles. The van der Waals surface area contributed by atoms with Crippen molar-refractivity contribution < 1.29 is 4.74 Å². The lowest BCUT2D eigenvalue weighted by molar-refractivity contribution is 0.414. The van der Waals surface area contributed by atoms with Crippen LogP contribution in [0.4, 0.5) is 0 Å². The highest BCUT2D eigenvalue weighted by atomic mass is 16.5. The Hall–Kier alpha value is -1.02. The average molecular weight is 193 g/mol. The fourth-order valence-corrected chi connectivity index (χ4v) is 1.48. The second-order valence-electron chi connectivity index (χ2n) is 3.40. The van der Waals surface area contributed by atoms with E-state index in [-0.39, 0.29) is 0 Å². The molecule has 0 fully saturated rings. The molecule has 0 aliphatic rings. The third kappa shape index (κ3) is 3.04. The van der Waals surface area contributed by atoms with Crippen molar-refractivity contribution in [2.75, 3.05) is 20.2 Å². The van der Waals surface area contributed by atoms with E-state index in [9.17, 15) is 0 Å². The molecule has 14 heavy (non-hydrogen) atoms. The highest BCUT2D eigenvalue weighted by Crippen LogP contribution is 2.16. The van der Waals surface area contributed by atoms with E-state index < -0.39 is 0 Å². The number of hydrogen-bond donors (Lipinski definition) is 1. The summed E-state index contributed by atoms with van der Waals surface area (Å²) in [7, 11) is 1.70. The van der Waals surface area contributed by atoms with Crippen LogP contribution >= 0.6 is 0 Å². The Labute approximate surface area is 86.3 Å². The summed E-state index contributed by atoms with van der Waals surface area (Å²) >= 11 is 0. The van der Waals surface area contributed by atoms with Crippen LogP contribution in [0.3, 0.4) is 0 Å². The molecule has 0 saturated heterocycles. The zero-order valence-corrected chi connectivity index (χ0v) is 9.26. The molecule has 0 spiro atoms. The van der Waals surface area contributed by atoms with Gasteiger partial charge in [-0.3, -0.25) is 0 Å². The third-order valence-corrected chi connectivity index (χ3v) is 2.37. The van der Waals surface area contributed by atoms with Gasteiger partial charge in [-0.1, -0.05) is 13.0 Å². The predicted molar refractivity (Wildman–Crippen MR) is 60.0 cm³/mol. The molecule has 0 radical (unpaired) electrons. The molecule has 1 aromatic rings. The normalized spacial score (nSPS) is 10.2. The Morgan fingerprint density at radius 3 is 2.71 bits per heavy atom. The minimum atomic E-state index is 0.940. The van der Waals surface area contributed by atoms with Crippen LogP contribution < -0.4 is 10.1 Å². The Balaban J connectivity index is 2.59. The van der Waals surface area contributed by atoms with Crippen molar-refractivity contribution >= 4 is 0 Å². The van der Waals surface area contributed by atoms with Crippen LogP contribution in [0.5, 0.6) is 5.75 Å². The van der Waals surface area contributed by atoms with Crippen LogP contribution in [-0.2, 0) is 6.42 Å². The van der Waals surface area contributed by atoms with Gasteiger partial charge in [0.15, 0.2) is 0 Å². The van der Waals surface area contributed by atoms with Crippen LogP contribution in [0.25, 0.3) is 0 Å². The van der Waals surface area contributed by atoms with Crippen molar-refractivity contribution in [1.29, 1.82) is 0 Å². The van der Waals surface area contributed by atoms with Crippen molar-refractivity contribution in [3.05, 3.63) is 29.3 Å². The predicted octanol–water partition coefficient (Wildman–Crippen LogP) is 2.16. The molecule has 0 bridgehead atoms. The molecule has 2 heteroatoms. The fourth-order valence-electron chi connectivity index (χ4n) is 1.48. The van der Waals surface area contributed by atoms with Gasteiger partial charge >= 0.3 is 0 Å². The minimum absolute atomic E-state index is 0.940. The Morgan fingerprint density at radius 2 is 2.14 bits per heavy atom. The quantitative estimate of drug-likeness (QED) is 0.723. The first-order valence-electron chi connectivity index (χ1n) is 5.12. The molecule has 1 N–H and O–H groups in total. The first-order chi connectivity index (χ1) is 6.77. The number of rotatable bonds is 5. The fraction of sp³-hybridized carbons (Fsp3) is 0.500. The van der Waals surface area contributed by atoms with Crippen molar-refractivity contribution in [3.63, 3.8) is 0 Å². The highest BCUT2D eigenvalue weighted by Gasteiger charge is 1.99. The lowest BCUT2D eigenvalue weighted by Gasteiger charge is -2.08. The average Bonchev–Trinajstić information content (AvgIpc) is 2.20. The largest absolute Gasteiger partial charge is 0.497 e. The molecule has 2 nitrogen and oxygen atoms in total. The van der Waals surface area contributed by atoms with Gasteiger partial charge in [-0.25, -0.2) is 0 Å². The number of methoxy groups -OCH3 is 1. The molecule has 0 saturated carbocycles.